The Morgan fingerprint density at radius 3 is 2.30 bits per heavy atom. The first kappa shape index (κ1) is 22.4. The minimum Gasteiger partial charge on any atom is -0.378 e. The van der Waals surface area contributed by atoms with Crippen LogP contribution in [-0.2, 0) is 14.3 Å². The van der Waals surface area contributed by atoms with Crippen molar-refractivity contribution in [2.75, 3.05) is 64.1 Å². The van der Waals surface area contributed by atoms with Crippen LogP contribution >= 0.6 is 11.3 Å². The highest BCUT2D eigenvalue weighted by atomic mass is 32.1. The fraction of sp³-hybridized carbons (Fsp3) is 0.520. The van der Waals surface area contributed by atoms with E-state index in [2.05, 4.69) is 17.0 Å². The summed E-state index contributed by atoms with van der Waals surface area (Å²) in [5.41, 5.74) is 2.19. The molecule has 2 amide bonds. The molecule has 0 aliphatic carbocycles. The first-order chi connectivity index (χ1) is 16.2. The van der Waals surface area contributed by atoms with E-state index in [0.29, 0.717) is 50.9 Å². The number of amides is 2. The number of ether oxygens (including phenoxy) is 2. The van der Waals surface area contributed by atoms with Crippen molar-refractivity contribution >= 4 is 28.2 Å². The second-order valence-corrected chi connectivity index (χ2v) is 9.77. The predicted octanol–water partition coefficient (Wildman–Crippen LogP) is 3.11. The molecular formula is C25H31N3O4S. The van der Waals surface area contributed by atoms with Gasteiger partial charge in [0.2, 0.25) is 5.91 Å². The van der Waals surface area contributed by atoms with Crippen LogP contribution in [0.25, 0.3) is 11.1 Å². The molecule has 0 saturated carbocycles. The molecule has 2 aromatic rings. The fourth-order valence-corrected chi connectivity index (χ4v) is 6.07. The van der Waals surface area contributed by atoms with E-state index in [1.807, 2.05) is 34.1 Å². The number of carbonyl (C=O) groups excluding carboxylic acids is 2. The van der Waals surface area contributed by atoms with Crippen molar-refractivity contribution in [3.8, 4) is 11.1 Å². The summed E-state index contributed by atoms with van der Waals surface area (Å²) in [4.78, 5) is 33.8. The lowest BCUT2D eigenvalue weighted by Crippen LogP contribution is -2.55. The number of nitrogens with zero attached hydrogens (tertiary/aromatic N) is 3. The average Bonchev–Trinajstić information content (AvgIpc) is 3.35. The monoisotopic (exact) mass is 469 g/mol. The Labute approximate surface area is 198 Å². The smallest absolute Gasteiger partial charge is 0.264 e. The molecule has 0 unspecified atom stereocenters. The minimum absolute atomic E-state index is 0.0250. The van der Waals surface area contributed by atoms with Crippen LogP contribution < -0.4 is 4.90 Å². The van der Waals surface area contributed by atoms with Crippen molar-refractivity contribution in [2.45, 2.75) is 25.3 Å². The summed E-state index contributed by atoms with van der Waals surface area (Å²) in [6, 6.07) is 11.9. The lowest BCUT2D eigenvalue weighted by atomic mass is 10.00. The molecule has 4 heterocycles. The molecule has 1 aromatic heterocycles. The van der Waals surface area contributed by atoms with Gasteiger partial charge in [-0.3, -0.25) is 9.59 Å². The van der Waals surface area contributed by atoms with Gasteiger partial charge in [-0.2, -0.15) is 0 Å². The van der Waals surface area contributed by atoms with E-state index >= 15 is 0 Å². The van der Waals surface area contributed by atoms with E-state index in [0.717, 1.165) is 48.5 Å². The van der Waals surface area contributed by atoms with E-state index in [4.69, 9.17) is 9.47 Å². The Bertz CT molecular complexity index is 967. The number of hydrogen-bond donors (Lipinski definition) is 0. The molecular weight excluding hydrogens is 438 g/mol. The third kappa shape index (κ3) is 4.78. The molecule has 0 bridgehead atoms. The number of thiophene rings is 1. The summed E-state index contributed by atoms with van der Waals surface area (Å²) >= 11 is 1.55. The summed E-state index contributed by atoms with van der Waals surface area (Å²) in [6.07, 6.45) is 2.64. The summed E-state index contributed by atoms with van der Waals surface area (Å²) in [6.45, 7) is 6.00. The van der Waals surface area contributed by atoms with Crippen molar-refractivity contribution < 1.29 is 19.1 Å². The summed E-state index contributed by atoms with van der Waals surface area (Å²) in [7, 11) is 0. The molecule has 1 atom stereocenters. The molecule has 33 heavy (non-hydrogen) atoms. The lowest BCUT2D eigenvalue weighted by Gasteiger charge is -2.38. The third-order valence-electron chi connectivity index (χ3n) is 6.68. The number of morpholine rings is 2. The highest BCUT2D eigenvalue weighted by Crippen LogP contribution is 2.40. The second-order valence-electron chi connectivity index (χ2n) is 8.74. The molecule has 5 rings (SSSR count). The van der Waals surface area contributed by atoms with E-state index in [1.165, 1.54) is 0 Å². The number of likely N-dealkylation sites (tertiary alicyclic amines) is 1. The zero-order valence-electron chi connectivity index (χ0n) is 18.9. The number of carbonyl (C=O) groups is 2. The van der Waals surface area contributed by atoms with E-state index in [1.54, 1.807) is 11.3 Å². The second kappa shape index (κ2) is 10.2. The van der Waals surface area contributed by atoms with Crippen molar-refractivity contribution in [1.29, 1.82) is 0 Å². The van der Waals surface area contributed by atoms with Crippen molar-refractivity contribution in [2.24, 2.45) is 0 Å². The number of hydrogen-bond acceptors (Lipinski definition) is 6. The standard InChI is InChI=1S/C25H31N3O4S/c29-23(26-10-14-31-15-11-26)21-8-4-5-9-28(21)24(30)22-18-20(19-6-2-1-3-7-19)25(33-22)27-12-16-32-17-13-27/h1-3,6-7,18,21H,4-5,8-17H2/t21-/m0/s1. The van der Waals surface area contributed by atoms with Gasteiger partial charge >= 0.3 is 0 Å². The Balaban J connectivity index is 1.44. The van der Waals surface area contributed by atoms with Gasteiger partial charge in [0.25, 0.3) is 5.91 Å². The zero-order valence-corrected chi connectivity index (χ0v) is 19.7. The molecule has 3 saturated heterocycles. The molecule has 0 spiro atoms. The summed E-state index contributed by atoms with van der Waals surface area (Å²) in [5.74, 6) is 0.0441. The molecule has 0 N–H and O–H groups in total. The number of benzene rings is 1. The van der Waals surface area contributed by atoms with Crippen LogP contribution in [0, 0.1) is 0 Å². The van der Waals surface area contributed by atoms with E-state index in [9.17, 15) is 9.59 Å². The van der Waals surface area contributed by atoms with Crippen molar-refractivity contribution in [3.05, 3.63) is 41.3 Å². The summed E-state index contributed by atoms with van der Waals surface area (Å²) in [5, 5.41) is 1.11. The Hall–Kier alpha value is -2.42. The maximum Gasteiger partial charge on any atom is 0.264 e. The number of anilines is 1. The molecule has 3 aliphatic heterocycles. The van der Waals surface area contributed by atoms with Crippen LogP contribution in [0.2, 0.25) is 0 Å². The first-order valence-corrected chi connectivity index (χ1v) is 12.7. The maximum atomic E-state index is 13.8. The van der Waals surface area contributed by atoms with Crippen LogP contribution in [0.4, 0.5) is 5.00 Å². The Morgan fingerprint density at radius 1 is 0.879 bits per heavy atom. The van der Waals surface area contributed by atoms with Crippen LogP contribution in [0.15, 0.2) is 36.4 Å². The molecule has 176 valence electrons. The highest BCUT2D eigenvalue weighted by molar-refractivity contribution is 7.18. The van der Waals surface area contributed by atoms with Gasteiger partial charge < -0.3 is 24.2 Å². The topological polar surface area (TPSA) is 62.3 Å². The highest BCUT2D eigenvalue weighted by Gasteiger charge is 2.36. The molecule has 1 aromatic carbocycles. The van der Waals surface area contributed by atoms with E-state index < -0.39 is 0 Å². The third-order valence-corrected chi connectivity index (χ3v) is 7.86. The van der Waals surface area contributed by atoms with Gasteiger partial charge in [0.1, 0.15) is 6.04 Å². The largest absolute Gasteiger partial charge is 0.378 e. The van der Waals surface area contributed by atoms with Gasteiger partial charge in [-0.25, -0.2) is 0 Å². The molecule has 7 nitrogen and oxygen atoms in total. The summed E-state index contributed by atoms with van der Waals surface area (Å²) < 4.78 is 11.0. The molecule has 3 aliphatic rings. The van der Waals surface area contributed by atoms with Crippen molar-refractivity contribution in [1.82, 2.24) is 9.80 Å². The lowest BCUT2D eigenvalue weighted by molar-refractivity contribution is -0.141. The normalized spacial score (nSPS) is 21.8. The van der Waals surface area contributed by atoms with Crippen LogP contribution in [0.1, 0.15) is 28.9 Å². The Morgan fingerprint density at radius 2 is 1.58 bits per heavy atom. The Kier molecular flexibility index (Phi) is 6.94. The zero-order chi connectivity index (χ0) is 22.6. The number of rotatable bonds is 4. The van der Waals surface area contributed by atoms with Gasteiger partial charge in [0.15, 0.2) is 0 Å². The molecule has 0 radical (unpaired) electrons. The van der Waals surface area contributed by atoms with Gasteiger partial charge in [-0.05, 0) is 30.9 Å². The van der Waals surface area contributed by atoms with Gasteiger partial charge in [-0.15, -0.1) is 11.3 Å². The van der Waals surface area contributed by atoms with Gasteiger partial charge in [-0.1, -0.05) is 30.3 Å². The predicted molar refractivity (Wildman–Crippen MR) is 129 cm³/mol. The van der Waals surface area contributed by atoms with Gasteiger partial charge in [0, 0.05) is 38.3 Å². The van der Waals surface area contributed by atoms with Crippen LogP contribution in [0.5, 0.6) is 0 Å². The van der Waals surface area contributed by atoms with Crippen molar-refractivity contribution in [3.63, 3.8) is 0 Å². The maximum absolute atomic E-state index is 13.8. The fourth-order valence-electron chi connectivity index (χ4n) is 4.88. The quantitative estimate of drug-likeness (QED) is 0.689. The van der Waals surface area contributed by atoms with Gasteiger partial charge in [0.05, 0.1) is 36.3 Å². The SMILES string of the molecule is O=C([C@@H]1CCCCN1C(=O)c1cc(-c2ccccc2)c(N2CCOCC2)s1)N1CCOCC1. The first-order valence-electron chi connectivity index (χ1n) is 11.9. The number of piperidine rings is 1. The molecule has 3 fully saturated rings. The van der Waals surface area contributed by atoms with E-state index in [-0.39, 0.29) is 17.9 Å². The minimum atomic E-state index is -0.376. The molecule has 8 heteroatoms. The van der Waals surface area contributed by atoms with Crippen LogP contribution in [-0.4, -0.2) is 86.8 Å². The average molecular weight is 470 g/mol. The van der Waals surface area contributed by atoms with Crippen LogP contribution in [0.3, 0.4) is 0 Å².